The van der Waals surface area contributed by atoms with E-state index in [-0.39, 0.29) is 5.91 Å². The second-order valence-electron chi connectivity index (χ2n) is 7.18. The van der Waals surface area contributed by atoms with E-state index in [2.05, 4.69) is 28.2 Å². The number of nitrogens with zero attached hydrogens (tertiary/aromatic N) is 2. The van der Waals surface area contributed by atoms with Gasteiger partial charge in [-0.25, -0.2) is 4.68 Å². The van der Waals surface area contributed by atoms with Crippen LogP contribution in [0.5, 0.6) is 0 Å². The predicted molar refractivity (Wildman–Crippen MR) is 138 cm³/mol. The number of halogens is 1. The molecule has 1 N–H and O–H groups in total. The SMILES string of the molecule is C/C=C/c1nn(-c2ccccc2)c(CCC)c1C(=O)NCc1ccc(Br)cc1.C/C=C\C. The van der Waals surface area contributed by atoms with Gasteiger partial charge in [-0.1, -0.05) is 77.8 Å². The van der Waals surface area contributed by atoms with Crippen LogP contribution in [0.2, 0.25) is 0 Å². The summed E-state index contributed by atoms with van der Waals surface area (Å²) < 4.78 is 2.92. The number of rotatable bonds is 7. The van der Waals surface area contributed by atoms with Crippen molar-refractivity contribution in [1.29, 1.82) is 0 Å². The molecule has 1 heterocycles. The van der Waals surface area contributed by atoms with Gasteiger partial charge >= 0.3 is 0 Å². The summed E-state index contributed by atoms with van der Waals surface area (Å²) in [5.74, 6) is -0.0957. The van der Waals surface area contributed by atoms with Gasteiger partial charge in [-0.15, -0.1) is 0 Å². The number of allylic oxidation sites excluding steroid dienone is 3. The smallest absolute Gasteiger partial charge is 0.255 e. The van der Waals surface area contributed by atoms with Crippen LogP contribution >= 0.6 is 15.9 Å². The van der Waals surface area contributed by atoms with Crippen LogP contribution in [-0.4, -0.2) is 15.7 Å². The van der Waals surface area contributed by atoms with E-state index in [0.29, 0.717) is 17.8 Å². The first-order valence-corrected chi connectivity index (χ1v) is 11.7. The monoisotopic (exact) mass is 493 g/mol. The molecule has 0 bridgehead atoms. The minimum Gasteiger partial charge on any atom is -0.348 e. The second-order valence-corrected chi connectivity index (χ2v) is 8.10. The molecule has 0 saturated heterocycles. The molecular formula is C27H32BrN3O. The Morgan fingerprint density at radius 1 is 1.00 bits per heavy atom. The van der Waals surface area contributed by atoms with Crippen molar-refractivity contribution in [3.63, 3.8) is 0 Å². The highest BCUT2D eigenvalue weighted by molar-refractivity contribution is 9.10. The number of nitrogens with one attached hydrogen (secondary N) is 1. The molecule has 1 amide bonds. The molecule has 0 aliphatic carbocycles. The zero-order chi connectivity index (χ0) is 23.3. The quantitative estimate of drug-likeness (QED) is 0.355. The molecule has 168 valence electrons. The minimum absolute atomic E-state index is 0.0957. The highest BCUT2D eigenvalue weighted by atomic mass is 79.9. The maximum absolute atomic E-state index is 13.1. The summed E-state index contributed by atoms with van der Waals surface area (Å²) in [6.45, 7) is 8.52. The lowest BCUT2D eigenvalue weighted by atomic mass is 10.1. The average molecular weight is 494 g/mol. The van der Waals surface area contributed by atoms with E-state index in [0.717, 1.165) is 34.3 Å². The van der Waals surface area contributed by atoms with E-state index in [9.17, 15) is 4.79 Å². The third kappa shape index (κ3) is 7.06. The van der Waals surface area contributed by atoms with Gasteiger partial charge in [-0.2, -0.15) is 5.10 Å². The largest absolute Gasteiger partial charge is 0.348 e. The first-order valence-electron chi connectivity index (χ1n) is 11.0. The van der Waals surface area contributed by atoms with Gasteiger partial charge in [0.15, 0.2) is 0 Å². The van der Waals surface area contributed by atoms with Crippen molar-refractivity contribution < 1.29 is 4.79 Å². The summed E-state index contributed by atoms with van der Waals surface area (Å²) in [5.41, 5.74) is 4.31. The summed E-state index contributed by atoms with van der Waals surface area (Å²) >= 11 is 3.43. The van der Waals surface area contributed by atoms with Gasteiger partial charge < -0.3 is 5.32 Å². The van der Waals surface area contributed by atoms with Crippen molar-refractivity contribution in [2.75, 3.05) is 0 Å². The van der Waals surface area contributed by atoms with Gasteiger partial charge in [-0.3, -0.25) is 4.79 Å². The first kappa shape index (κ1) is 25.3. The lowest BCUT2D eigenvalue weighted by Gasteiger charge is -2.10. The van der Waals surface area contributed by atoms with Gasteiger partial charge in [0.25, 0.3) is 5.91 Å². The van der Waals surface area contributed by atoms with E-state index in [1.807, 2.05) is 104 Å². The van der Waals surface area contributed by atoms with Crippen LogP contribution in [0.3, 0.4) is 0 Å². The summed E-state index contributed by atoms with van der Waals surface area (Å²) in [7, 11) is 0. The number of amides is 1. The van der Waals surface area contributed by atoms with E-state index in [1.54, 1.807) is 0 Å². The van der Waals surface area contributed by atoms with Crippen molar-refractivity contribution in [1.82, 2.24) is 15.1 Å². The van der Waals surface area contributed by atoms with Crippen LogP contribution in [-0.2, 0) is 13.0 Å². The van der Waals surface area contributed by atoms with Gasteiger partial charge in [0, 0.05) is 11.0 Å². The molecule has 0 spiro atoms. The molecule has 3 aromatic rings. The Labute approximate surface area is 200 Å². The maximum atomic E-state index is 13.1. The van der Waals surface area contributed by atoms with Crippen molar-refractivity contribution in [3.8, 4) is 5.69 Å². The minimum atomic E-state index is -0.0957. The summed E-state index contributed by atoms with van der Waals surface area (Å²) in [4.78, 5) is 13.1. The van der Waals surface area contributed by atoms with Gasteiger partial charge in [0.1, 0.15) is 0 Å². The molecule has 0 atom stereocenters. The van der Waals surface area contributed by atoms with Crippen LogP contribution in [0.1, 0.15) is 61.4 Å². The molecule has 3 rings (SSSR count). The van der Waals surface area contributed by atoms with Crippen LogP contribution in [0.15, 0.2) is 77.3 Å². The number of para-hydroxylation sites is 1. The lowest BCUT2D eigenvalue weighted by molar-refractivity contribution is 0.0949. The second kappa shape index (κ2) is 13.5. The molecule has 0 fully saturated rings. The molecule has 2 aromatic carbocycles. The summed E-state index contributed by atoms with van der Waals surface area (Å²) in [6, 6.07) is 17.9. The van der Waals surface area contributed by atoms with Crippen LogP contribution < -0.4 is 5.32 Å². The molecule has 32 heavy (non-hydrogen) atoms. The van der Waals surface area contributed by atoms with E-state index >= 15 is 0 Å². The molecule has 0 aliphatic rings. The fourth-order valence-electron chi connectivity index (χ4n) is 3.12. The molecule has 1 aromatic heterocycles. The van der Waals surface area contributed by atoms with Crippen molar-refractivity contribution >= 4 is 27.9 Å². The number of benzene rings is 2. The number of hydrogen-bond acceptors (Lipinski definition) is 2. The molecule has 0 saturated carbocycles. The van der Waals surface area contributed by atoms with E-state index < -0.39 is 0 Å². The zero-order valence-corrected chi connectivity index (χ0v) is 20.9. The number of carbonyl (C=O) groups excluding carboxylic acids is 1. The highest BCUT2D eigenvalue weighted by Crippen LogP contribution is 2.22. The van der Waals surface area contributed by atoms with Gasteiger partial charge in [0.2, 0.25) is 0 Å². The third-order valence-corrected chi connectivity index (χ3v) is 5.28. The average Bonchev–Trinajstić information content (AvgIpc) is 3.17. The fraction of sp³-hybridized carbons (Fsp3) is 0.259. The van der Waals surface area contributed by atoms with Crippen molar-refractivity contribution in [2.24, 2.45) is 0 Å². The standard InChI is InChI=1S/C23H24BrN3O.C4H8/c1-3-8-20-22(23(28)25-16-17-12-14-18(24)15-13-17)21(9-4-2)27(26-20)19-10-6-5-7-11-19;1-3-4-2/h3,5-8,10-15H,4,9,16H2,1-2H3,(H,25,28);3-4H,1-2H3/b8-3+;4-3-. The zero-order valence-electron chi connectivity index (χ0n) is 19.3. The Hall–Kier alpha value is -2.92. The van der Waals surface area contributed by atoms with E-state index in [1.165, 1.54) is 0 Å². The van der Waals surface area contributed by atoms with E-state index in [4.69, 9.17) is 5.10 Å². The van der Waals surface area contributed by atoms with Crippen LogP contribution in [0, 0.1) is 0 Å². The topological polar surface area (TPSA) is 46.9 Å². The molecule has 4 nitrogen and oxygen atoms in total. The molecular weight excluding hydrogens is 462 g/mol. The Balaban J connectivity index is 0.000000837. The fourth-order valence-corrected chi connectivity index (χ4v) is 3.38. The summed E-state index contributed by atoms with van der Waals surface area (Å²) in [6.07, 6.45) is 9.52. The van der Waals surface area contributed by atoms with Gasteiger partial charge in [-0.05, 0) is 63.1 Å². The Bertz CT molecular complexity index is 1030. The summed E-state index contributed by atoms with van der Waals surface area (Å²) in [5, 5.41) is 7.79. The number of carbonyl (C=O) groups is 1. The first-order chi connectivity index (χ1) is 15.5. The molecule has 0 radical (unpaired) electrons. The molecule has 0 aliphatic heterocycles. The maximum Gasteiger partial charge on any atom is 0.255 e. The number of aromatic nitrogens is 2. The Morgan fingerprint density at radius 3 is 2.22 bits per heavy atom. The van der Waals surface area contributed by atoms with Crippen LogP contribution in [0.25, 0.3) is 11.8 Å². The third-order valence-electron chi connectivity index (χ3n) is 4.75. The number of hydrogen-bond donors (Lipinski definition) is 1. The van der Waals surface area contributed by atoms with Crippen LogP contribution in [0.4, 0.5) is 0 Å². The normalized spacial score (nSPS) is 10.9. The Kier molecular flexibility index (Phi) is 10.7. The van der Waals surface area contributed by atoms with Crippen molar-refractivity contribution in [2.45, 2.75) is 47.1 Å². The lowest BCUT2D eigenvalue weighted by Crippen LogP contribution is -2.24. The predicted octanol–water partition coefficient (Wildman–Crippen LogP) is 7.13. The van der Waals surface area contributed by atoms with Crippen molar-refractivity contribution in [3.05, 3.63) is 99.8 Å². The Morgan fingerprint density at radius 2 is 1.66 bits per heavy atom. The van der Waals surface area contributed by atoms with Gasteiger partial charge in [0.05, 0.1) is 22.6 Å². The molecule has 5 heteroatoms. The molecule has 0 unspecified atom stereocenters. The highest BCUT2D eigenvalue weighted by Gasteiger charge is 2.22.